The van der Waals surface area contributed by atoms with E-state index in [4.69, 9.17) is 17.3 Å². The molecule has 0 fully saturated rings. The van der Waals surface area contributed by atoms with Crippen molar-refractivity contribution in [1.82, 2.24) is 0 Å². The molecule has 0 atom stereocenters. The van der Waals surface area contributed by atoms with E-state index in [-0.39, 0.29) is 0 Å². The first kappa shape index (κ1) is 9.30. The lowest BCUT2D eigenvalue weighted by atomic mass is 10.1. The topological polar surface area (TPSA) is 26.0 Å². The molecule has 0 bridgehead atoms. The molecule has 0 spiro atoms. The minimum Gasteiger partial charge on any atom is -0.330 e. The Bertz CT molecular complexity index is 281. The van der Waals surface area contributed by atoms with E-state index < -0.39 is 0 Å². The molecule has 1 rings (SSSR count). The maximum atomic E-state index is 5.83. The van der Waals surface area contributed by atoms with Crippen molar-refractivity contribution in [2.24, 2.45) is 5.73 Å². The highest BCUT2D eigenvalue weighted by Crippen LogP contribution is 2.17. The molecule has 1 aromatic rings. The molecule has 0 saturated carbocycles. The summed E-state index contributed by atoms with van der Waals surface area (Å²) in [6.07, 6.45) is 2.67. The van der Waals surface area contributed by atoms with Crippen molar-refractivity contribution in [3.05, 3.63) is 40.9 Å². The standard InChI is InChI=1S/C10H12ClN/c1-2-8-3-4-10(11)7-9(8)5-6-12/h2-4,7H,1,5-6,12H2. The van der Waals surface area contributed by atoms with E-state index >= 15 is 0 Å². The maximum absolute atomic E-state index is 5.83. The zero-order valence-electron chi connectivity index (χ0n) is 6.89. The summed E-state index contributed by atoms with van der Waals surface area (Å²) in [5, 5.41) is 0.754. The molecule has 0 aliphatic carbocycles. The average Bonchev–Trinajstić information content (AvgIpc) is 2.05. The van der Waals surface area contributed by atoms with Crippen LogP contribution in [0.25, 0.3) is 6.08 Å². The SMILES string of the molecule is C=Cc1ccc(Cl)cc1CCN. The van der Waals surface area contributed by atoms with Crippen molar-refractivity contribution in [2.75, 3.05) is 6.54 Å². The van der Waals surface area contributed by atoms with Crippen molar-refractivity contribution in [3.63, 3.8) is 0 Å². The summed E-state index contributed by atoms with van der Waals surface area (Å²) >= 11 is 5.83. The predicted octanol–water partition coefficient (Wildman–Crippen LogP) is 2.48. The molecule has 1 aromatic carbocycles. The van der Waals surface area contributed by atoms with Crippen molar-refractivity contribution in [1.29, 1.82) is 0 Å². The number of halogens is 1. The molecule has 0 heterocycles. The van der Waals surface area contributed by atoms with Gasteiger partial charge in [0, 0.05) is 5.02 Å². The zero-order valence-corrected chi connectivity index (χ0v) is 7.64. The molecule has 64 valence electrons. The van der Waals surface area contributed by atoms with Gasteiger partial charge in [-0.25, -0.2) is 0 Å². The fourth-order valence-corrected chi connectivity index (χ4v) is 1.34. The Kier molecular flexibility index (Phi) is 3.32. The minimum absolute atomic E-state index is 0.640. The predicted molar refractivity (Wildman–Crippen MR) is 54.3 cm³/mol. The summed E-state index contributed by atoms with van der Waals surface area (Å²) in [4.78, 5) is 0. The molecule has 0 aromatic heterocycles. The molecule has 0 unspecified atom stereocenters. The number of hydrogen-bond acceptors (Lipinski definition) is 1. The third-order valence-corrected chi connectivity index (χ3v) is 1.97. The maximum Gasteiger partial charge on any atom is 0.0409 e. The highest BCUT2D eigenvalue weighted by Gasteiger charge is 1.98. The summed E-state index contributed by atoms with van der Waals surface area (Å²) in [6.45, 7) is 4.36. The van der Waals surface area contributed by atoms with Gasteiger partial charge in [-0.1, -0.05) is 30.3 Å². The smallest absolute Gasteiger partial charge is 0.0409 e. The van der Waals surface area contributed by atoms with Crippen molar-refractivity contribution in [3.8, 4) is 0 Å². The summed E-state index contributed by atoms with van der Waals surface area (Å²) < 4.78 is 0. The van der Waals surface area contributed by atoms with E-state index in [1.54, 1.807) is 0 Å². The zero-order chi connectivity index (χ0) is 8.97. The van der Waals surface area contributed by atoms with Gasteiger partial charge in [-0.15, -0.1) is 0 Å². The van der Waals surface area contributed by atoms with Gasteiger partial charge in [-0.3, -0.25) is 0 Å². The van der Waals surface area contributed by atoms with Gasteiger partial charge < -0.3 is 5.73 Å². The van der Waals surface area contributed by atoms with E-state index in [1.165, 1.54) is 5.56 Å². The highest BCUT2D eigenvalue weighted by molar-refractivity contribution is 6.30. The van der Waals surface area contributed by atoms with E-state index in [2.05, 4.69) is 6.58 Å². The van der Waals surface area contributed by atoms with Crippen LogP contribution in [0.5, 0.6) is 0 Å². The second-order valence-corrected chi connectivity index (χ2v) is 3.02. The summed E-state index contributed by atoms with van der Waals surface area (Å²) in [5.41, 5.74) is 7.74. The molecular weight excluding hydrogens is 170 g/mol. The summed E-state index contributed by atoms with van der Waals surface area (Å²) in [7, 11) is 0. The van der Waals surface area contributed by atoms with Gasteiger partial charge >= 0.3 is 0 Å². The Morgan fingerprint density at radius 1 is 1.50 bits per heavy atom. The lowest BCUT2D eigenvalue weighted by Gasteiger charge is -2.04. The van der Waals surface area contributed by atoms with Gasteiger partial charge in [-0.2, -0.15) is 0 Å². The van der Waals surface area contributed by atoms with Crippen LogP contribution in [0.1, 0.15) is 11.1 Å². The lowest BCUT2D eigenvalue weighted by molar-refractivity contribution is 0.966. The first-order valence-electron chi connectivity index (χ1n) is 3.89. The largest absolute Gasteiger partial charge is 0.330 e. The van der Waals surface area contributed by atoms with Crippen molar-refractivity contribution >= 4 is 17.7 Å². The van der Waals surface area contributed by atoms with Crippen molar-refractivity contribution < 1.29 is 0 Å². The van der Waals surface area contributed by atoms with Crippen LogP contribution in [0.4, 0.5) is 0 Å². The number of hydrogen-bond donors (Lipinski definition) is 1. The lowest BCUT2D eigenvalue weighted by Crippen LogP contribution is -2.03. The highest BCUT2D eigenvalue weighted by atomic mass is 35.5. The van der Waals surface area contributed by atoms with Gasteiger partial charge in [0.25, 0.3) is 0 Å². The Balaban J connectivity index is 3.03. The first-order valence-corrected chi connectivity index (χ1v) is 4.26. The van der Waals surface area contributed by atoms with Gasteiger partial charge in [-0.05, 0) is 36.2 Å². The van der Waals surface area contributed by atoms with Crippen LogP contribution in [-0.2, 0) is 6.42 Å². The molecule has 0 saturated heterocycles. The Morgan fingerprint density at radius 2 is 2.25 bits per heavy atom. The Morgan fingerprint density at radius 3 is 2.83 bits per heavy atom. The van der Waals surface area contributed by atoms with Crippen LogP contribution >= 0.6 is 11.6 Å². The molecule has 0 radical (unpaired) electrons. The molecule has 0 aliphatic rings. The normalized spacial score (nSPS) is 9.83. The molecule has 2 heteroatoms. The van der Waals surface area contributed by atoms with Crippen LogP contribution < -0.4 is 5.73 Å². The number of benzene rings is 1. The van der Waals surface area contributed by atoms with Gasteiger partial charge in [0.15, 0.2) is 0 Å². The van der Waals surface area contributed by atoms with Crippen LogP contribution in [-0.4, -0.2) is 6.54 Å². The van der Waals surface area contributed by atoms with Crippen LogP contribution in [0.3, 0.4) is 0 Å². The minimum atomic E-state index is 0.640. The van der Waals surface area contributed by atoms with Crippen molar-refractivity contribution in [2.45, 2.75) is 6.42 Å². The Hall–Kier alpha value is -0.790. The first-order chi connectivity index (χ1) is 5.77. The fraction of sp³-hybridized carbons (Fsp3) is 0.200. The third kappa shape index (κ3) is 2.10. The van der Waals surface area contributed by atoms with Crippen LogP contribution in [0.2, 0.25) is 5.02 Å². The fourth-order valence-electron chi connectivity index (χ4n) is 1.15. The van der Waals surface area contributed by atoms with Gasteiger partial charge in [0.05, 0.1) is 0 Å². The molecule has 2 N–H and O–H groups in total. The average molecular weight is 182 g/mol. The molecular formula is C10H12ClN. The molecule has 0 aliphatic heterocycles. The second kappa shape index (κ2) is 4.29. The van der Waals surface area contributed by atoms with E-state index in [9.17, 15) is 0 Å². The van der Waals surface area contributed by atoms with Crippen LogP contribution in [0, 0.1) is 0 Å². The Labute approximate surface area is 77.8 Å². The molecule has 1 nitrogen and oxygen atoms in total. The third-order valence-electron chi connectivity index (χ3n) is 1.74. The van der Waals surface area contributed by atoms with E-state index in [0.717, 1.165) is 17.0 Å². The van der Waals surface area contributed by atoms with Gasteiger partial charge in [0.2, 0.25) is 0 Å². The second-order valence-electron chi connectivity index (χ2n) is 2.59. The van der Waals surface area contributed by atoms with Crippen LogP contribution in [0.15, 0.2) is 24.8 Å². The van der Waals surface area contributed by atoms with E-state index in [0.29, 0.717) is 6.54 Å². The molecule has 0 amide bonds. The number of rotatable bonds is 3. The summed E-state index contributed by atoms with van der Waals surface area (Å²) in [6, 6.07) is 5.75. The number of nitrogens with two attached hydrogens (primary N) is 1. The molecule has 12 heavy (non-hydrogen) atoms. The summed E-state index contributed by atoms with van der Waals surface area (Å²) in [5.74, 6) is 0. The van der Waals surface area contributed by atoms with E-state index in [1.807, 2.05) is 24.3 Å². The quantitative estimate of drug-likeness (QED) is 0.762. The monoisotopic (exact) mass is 181 g/mol. The van der Waals surface area contributed by atoms with Gasteiger partial charge in [0.1, 0.15) is 0 Å².